The Labute approximate surface area is 176 Å². The predicted molar refractivity (Wildman–Crippen MR) is 110 cm³/mol. The minimum atomic E-state index is -4.38. The summed E-state index contributed by atoms with van der Waals surface area (Å²) in [6, 6.07) is 8.72. The van der Waals surface area contributed by atoms with E-state index in [0.29, 0.717) is 22.4 Å². The van der Waals surface area contributed by atoms with Crippen molar-refractivity contribution in [2.75, 3.05) is 0 Å². The molecule has 0 heterocycles. The summed E-state index contributed by atoms with van der Waals surface area (Å²) in [5.41, 5.74) is -3.36. The maximum atomic E-state index is 12.4. The normalized spacial score (nSPS) is 12.2. The molecule has 0 fully saturated rings. The summed E-state index contributed by atoms with van der Waals surface area (Å²) < 4.78 is 42.8. The van der Waals surface area contributed by atoms with Crippen LogP contribution in [0.3, 0.4) is 0 Å². The van der Waals surface area contributed by atoms with E-state index in [9.17, 15) is 27.9 Å². The number of alkyl halides is 3. The molecule has 0 radical (unpaired) electrons. The van der Waals surface area contributed by atoms with E-state index in [-0.39, 0.29) is 28.0 Å². The second kappa shape index (κ2) is 8.95. The molecule has 0 saturated heterocycles. The lowest BCUT2D eigenvalue weighted by molar-refractivity contribution is -0.152. The van der Waals surface area contributed by atoms with Gasteiger partial charge < -0.3 is 9.84 Å². The molecule has 0 bridgehead atoms. The first-order chi connectivity index (χ1) is 13.8. The molecule has 0 amide bonds. The van der Waals surface area contributed by atoms with Crippen LogP contribution in [0.2, 0.25) is 0 Å². The van der Waals surface area contributed by atoms with E-state index < -0.39 is 17.1 Å². The summed E-state index contributed by atoms with van der Waals surface area (Å²) in [4.78, 5) is 23.6. The zero-order valence-corrected chi connectivity index (χ0v) is 17.6. The van der Waals surface area contributed by atoms with Gasteiger partial charge in [-0.25, -0.2) is 4.79 Å². The molecule has 2 aromatic carbocycles. The van der Waals surface area contributed by atoms with E-state index in [1.54, 1.807) is 32.1 Å². The van der Waals surface area contributed by atoms with E-state index in [4.69, 9.17) is 4.74 Å². The summed E-state index contributed by atoms with van der Waals surface area (Å²) in [5.74, 6) is -0.972. The first-order valence-corrected chi connectivity index (χ1v) is 9.72. The van der Waals surface area contributed by atoms with Crippen molar-refractivity contribution >= 4 is 29.6 Å². The minimum absolute atomic E-state index is 0.00848. The van der Waals surface area contributed by atoms with Gasteiger partial charge in [-0.2, -0.15) is 13.2 Å². The fraction of sp³-hybridized carbons (Fsp3) is 0.273. The Balaban J connectivity index is 2.16. The molecule has 4 nitrogen and oxygen atoms in total. The molecule has 160 valence electrons. The van der Waals surface area contributed by atoms with Crippen molar-refractivity contribution < 1.29 is 32.6 Å². The number of carbonyl (C=O) groups is 2. The van der Waals surface area contributed by atoms with Crippen molar-refractivity contribution in [2.24, 2.45) is 0 Å². The number of hydrogen-bond donors (Lipinski definition) is 1. The maximum Gasteiger partial charge on any atom is 0.446 e. The maximum absolute atomic E-state index is 12.4. The van der Waals surface area contributed by atoms with Crippen LogP contribution in [0.1, 0.15) is 40.9 Å². The second-order valence-electron chi connectivity index (χ2n) is 7.17. The first-order valence-electron chi connectivity index (χ1n) is 8.90. The lowest BCUT2D eigenvalue weighted by Gasteiger charge is -2.24. The zero-order chi connectivity index (χ0) is 22.7. The average molecular weight is 438 g/mol. The van der Waals surface area contributed by atoms with Crippen LogP contribution in [-0.4, -0.2) is 28.0 Å². The van der Waals surface area contributed by atoms with Crippen LogP contribution >= 0.6 is 11.8 Å². The van der Waals surface area contributed by atoms with Gasteiger partial charge in [-0.15, -0.1) is 0 Å². The van der Waals surface area contributed by atoms with E-state index in [1.807, 2.05) is 0 Å². The summed E-state index contributed by atoms with van der Waals surface area (Å²) in [5, 5.41) is 9.23. The third-order valence-electron chi connectivity index (χ3n) is 4.15. The van der Waals surface area contributed by atoms with Crippen LogP contribution in [0.4, 0.5) is 13.2 Å². The fourth-order valence-electron chi connectivity index (χ4n) is 2.63. The third-order valence-corrected chi connectivity index (χ3v) is 4.89. The van der Waals surface area contributed by atoms with Crippen LogP contribution in [0.25, 0.3) is 6.08 Å². The van der Waals surface area contributed by atoms with Crippen LogP contribution in [0, 0.1) is 13.8 Å². The number of ketones is 1. The van der Waals surface area contributed by atoms with Gasteiger partial charge in [-0.1, -0.05) is 6.08 Å². The summed E-state index contributed by atoms with van der Waals surface area (Å²) in [6.07, 6.45) is 2.93. The predicted octanol–water partition coefficient (Wildman–Crippen LogP) is 6.05. The number of hydrogen-bond acceptors (Lipinski definition) is 4. The van der Waals surface area contributed by atoms with Crippen LogP contribution in [0.5, 0.6) is 5.75 Å². The number of carbonyl (C=O) groups excluding carboxylic acids is 1. The number of carboxylic acids is 1. The lowest BCUT2D eigenvalue weighted by Crippen LogP contribution is -2.38. The van der Waals surface area contributed by atoms with Gasteiger partial charge in [0.2, 0.25) is 0 Å². The van der Waals surface area contributed by atoms with Gasteiger partial charge in [-0.05, 0) is 98.6 Å². The highest BCUT2D eigenvalue weighted by atomic mass is 32.2. The number of aryl methyl sites for hydroxylation is 2. The van der Waals surface area contributed by atoms with Crippen LogP contribution in [0.15, 0.2) is 47.4 Å². The number of allylic oxidation sites excluding steroid dienone is 1. The van der Waals surface area contributed by atoms with Crippen molar-refractivity contribution in [1.82, 2.24) is 0 Å². The Bertz CT molecular complexity index is 954. The number of thioether (sulfide) groups is 1. The molecule has 0 aromatic heterocycles. The molecule has 0 aliphatic rings. The van der Waals surface area contributed by atoms with Gasteiger partial charge in [0.1, 0.15) is 5.75 Å². The van der Waals surface area contributed by atoms with Crippen LogP contribution < -0.4 is 4.74 Å². The highest BCUT2D eigenvalue weighted by Gasteiger charge is 2.30. The molecule has 1 N–H and O–H groups in total. The molecule has 0 spiro atoms. The average Bonchev–Trinajstić information content (AvgIpc) is 2.62. The molecule has 2 rings (SSSR count). The van der Waals surface area contributed by atoms with Crippen molar-refractivity contribution in [1.29, 1.82) is 0 Å². The summed E-state index contributed by atoms with van der Waals surface area (Å²) >= 11 is -0.237. The number of aliphatic carboxylic acids is 1. The molecule has 0 aliphatic heterocycles. The Kier molecular flexibility index (Phi) is 7.02. The van der Waals surface area contributed by atoms with Crippen molar-refractivity contribution in [3.8, 4) is 5.75 Å². The molecular formula is C22H21F3O4S. The van der Waals surface area contributed by atoms with Gasteiger partial charge in [0.15, 0.2) is 11.4 Å². The quantitative estimate of drug-likeness (QED) is 0.324. The van der Waals surface area contributed by atoms with Crippen LogP contribution in [-0.2, 0) is 4.79 Å². The van der Waals surface area contributed by atoms with E-state index in [0.717, 1.165) is 0 Å². The number of halogens is 3. The number of rotatable bonds is 7. The Morgan fingerprint density at radius 1 is 1.03 bits per heavy atom. The van der Waals surface area contributed by atoms with E-state index in [1.165, 1.54) is 44.2 Å². The van der Waals surface area contributed by atoms with Gasteiger partial charge in [-0.3, -0.25) is 4.79 Å². The molecule has 0 unspecified atom stereocenters. The van der Waals surface area contributed by atoms with E-state index in [2.05, 4.69) is 0 Å². The Morgan fingerprint density at radius 2 is 1.57 bits per heavy atom. The Hall–Kier alpha value is -2.74. The lowest BCUT2D eigenvalue weighted by atomic mass is 10.0. The van der Waals surface area contributed by atoms with E-state index >= 15 is 0 Å². The van der Waals surface area contributed by atoms with Crippen molar-refractivity contribution in [3.05, 3.63) is 64.7 Å². The second-order valence-corrected chi connectivity index (χ2v) is 8.31. The standard InChI is InChI=1S/C22H21F3O4S/c1-13-11-15(12-14(2)19(13)29-21(3,4)20(27)28)5-10-18(26)16-6-8-17(9-7-16)30-22(23,24)25/h5-12H,1-4H3,(H,27,28)/b10-5+. The highest BCUT2D eigenvalue weighted by Crippen LogP contribution is 2.36. The molecule has 0 atom stereocenters. The number of benzene rings is 2. The summed E-state index contributed by atoms with van der Waals surface area (Å²) in [6.45, 7) is 6.46. The molecule has 8 heteroatoms. The van der Waals surface area contributed by atoms with Crippen molar-refractivity contribution in [2.45, 2.75) is 43.7 Å². The van der Waals surface area contributed by atoms with Gasteiger partial charge in [0, 0.05) is 10.5 Å². The number of ether oxygens (including phenoxy) is 1. The third kappa shape index (κ3) is 6.38. The van der Waals surface area contributed by atoms with Gasteiger partial charge >= 0.3 is 11.5 Å². The monoisotopic (exact) mass is 438 g/mol. The van der Waals surface area contributed by atoms with Gasteiger partial charge in [0.25, 0.3) is 0 Å². The first kappa shape index (κ1) is 23.5. The molecule has 0 saturated carbocycles. The molecule has 30 heavy (non-hydrogen) atoms. The summed E-state index contributed by atoms with van der Waals surface area (Å²) in [7, 11) is 0. The largest absolute Gasteiger partial charge is 0.478 e. The fourth-order valence-corrected chi connectivity index (χ4v) is 3.17. The molecule has 0 aliphatic carbocycles. The zero-order valence-electron chi connectivity index (χ0n) is 16.8. The topological polar surface area (TPSA) is 63.6 Å². The SMILES string of the molecule is Cc1cc(/C=C/C(=O)c2ccc(SC(F)(F)F)cc2)cc(C)c1OC(C)(C)C(=O)O. The Morgan fingerprint density at radius 3 is 2.03 bits per heavy atom. The smallest absolute Gasteiger partial charge is 0.446 e. The highest BCUT2D eigenvalue weighted by molar-refractivity contribution is 8.00. The van der Waals surface area contributed by atoms with Crippen molar-refractivity contribution in [3.63, 3.8) is 0 Å². The molecule has 2 aromatic rings. The van der Waals surface area contributed by atoms with Gasteiger partial charge in [0.05, 0.1) is 0 Å². The number of carboxylic acid groups (broad SMARTS) is 1. The molecular weight excluding hydrogens is 417 g/mol. The minimum Gasteiger partial charge on any atom is -0.478 e.